The van der Waals surface area contributed by atoms with Gasteiger partial charge in [0.1, 0.15) is 0 Å². The summed E-state index contributed by atoms with van der Waals surface area (Å²) >= 11 is 18.2. The molecule has 0 atom stereocenters. The van der Waals surface area contributed by atoms with Crippen molar-refractivity contribution in [2.45, 2.75) is 4.90 Å². The molecular weight excluding hydrogens is 491 g/mol. The van der Waals surface area contributed by atoms with Gasteiger partial charge in [-0.1, -0.05) is 23.2 Å². The van der Waals surface area contributed by atoms with Crippen molar-refractivity contribution in [3.63, 3.8) is 0 Å². The van der Waals surface area contributed by atoms with Crippen LogP contribution in [0.2, 0.25) is 10.0 Å². The van der Waals surface area contributed by atoms with Crippen LogP contribution in [-0.2, 0) is 10.0 Å². The van der Waals surface area contributed by atoms with Gasteiger partial charge < -0.3 is 0 Å². The van der Waals surface area contributed by atoms with E-state index in [0.717, 1.165) is 12.1 Å². The quantitative estimate of drug-likeness (QED) is 0.445. The Hall–Kier alpha value is -0.410. The van der Waals surface area contributed by atoms with Gasteiger partial charge in [-0.25, -0.2) is 17.2 Å². The molecule has 0 unspecified atom stereocenters. The van der Waals surface area contributed by atoms with Crippen LogP contribution in [0.4, 0.5) is 14.5 Å². The van der Waals surface area contributed by atoms with Gasteiger partial charge in [0, 0.05) is 8.95 Å². The van der Waals surface area contributed by atoms with E-state index in [-0.39, 0.29) is 15.7 Å². The minimum Gasteiger partial charge on any atom is -0.277 e. The highest BCUT2D eigenvalue weighted by Gasteiger charge is 2.21. The second-order valence-electron chi connectivity index (χ2n) is 4.02. The zero-order valence-corrected chi connectivity index (χ0v) is 15.8. The van der Waals surface area contributed by atoms with E-state index in [9.17, 15) is 17.2 Å². The zero-order chi connectivity index (χ0) is 16.7. The average molecular weight is 496 g/mol. The van der Waals surface area contributed by atoms with Crippen LogP contribution in [0, 0.1) is 11.6 Å². The second-order valence-corrected chi connectivity index (χ2v) is 8.17. The van der Waals surface area contributed by atoms with Gasteiger partial charge in [-0.2, -0.15) is 0 Å². The lowest BCUT2D eigenvalue weighted by Gasteiger charge is -2.13. The molecule has 10 heteroatoms. The summed E-state index contributed by atoms with van der Waals surface area (Å²) in [6, 6.07) is 3.72. The third kappa shape index (κ3) is 3.56. The van der Waals surface area contributed by atoms with Gasteiger partial charge in [-0.3, -0.25) is 4.72 Å². The monoisotopic (exact) mass is 493 g/mol. The van der Waals surface area contributed by atoms with E-state index in [0.29, 0.717) is 15.0 Å². The molecule has 1 N–H and O–H groups in total. The number of sulfonamides is 1. The molecule has 0 spiro atoms. The molecule has 0 aliphatic carbocycles. The lowest BCUT2D eigenvalue weighted by atomic mass is 10.3. The van der Waals surface area contributed by atoms with E-state index in [1.807, 2.05) is 0 Å². The summed E-state index contributed by atoms with van der Waals surface area (Å²) in [5.41, 5.74) is -0.0143. The van der Waals surface area contributed by atoms with E-state index >= 15 is 0 Å². The Kier molecular flexibility index (Phi) is 5.38. The molecular formula is C12H5Br2Cl2F2NO2S. The number of hydrogen-bond acceptors (Lipinski definition) is 2. The van der Waals surface area contributed by atoms with Gasteiger partial charge in [0.25, 0.3) is 10.0 Å². The third-order valence-corrected chi connectivity index (χ3v) is 6.25. The molecule has 0 aliphatic heterocycles. The number of hydrogen-bond donors (Lipinski definition) is 1. The number of nitrogens with one attached hydrogen (secondary N) is 1. The largest absolute Gasteiger partial charge is 0.277 e. The molecule has 118 valence electrons. The minimum absolute atomic E-state index is 0.0143. The fourth-order valence-electron chi connectivity index (χ4n) is 1.50. The van der Waals surface area contributed by atoms with Crippen LogP contribution in [0.5, 0.6) is 0 Å². The molecule has 0 saturated carbocycles. The topological polar surface area (TPSA) is 46.2 Å². The highest BCUT2D eigenvalue weighted by atomic mass is 79.9. The van der Waals surface area contributed by atoms with Gasteiger partial charge >= 0.3 is 0 Å². The van der Waals surface area contributed by atoms with Crippen molar-refractivity contribution in [1.82, 2.24) is 0 Å². The van der Waals surface area contributed by atoms with Crippen LogP contribution in [-0.4, -0.2) is 8.42 Å². The molecule has 2 aromatic carbocycles. The molecule has 0 heterocycles. The Labute approximate surface area is 151 Å². The molecule has 0 aliphatic rings. The van der Waals surface area contributed by atoms with Crippen molar-refractivity contribution in [2.24, 2.45) is 0 Å². The van der Waals surface area contributed by atoms with Crippen LogP contribution in [0.1, 0.15) is 0 Å². The summed E-state index contributed by atoms with van der Waals surface area (Å²) in [6.45, 7) is 0. The van der Waals surface area contributed by atoms with E-state index in [2.05, 4.69) is 36.6 Å². The van der Waals surface area contributed by atoms with E-state index in [4.69, 9.17) is 23.2 Å². The smallest absolute Gasteiger partial charge is 0.262 e. The lowest BCUT2D eigenvalue weighted by Crippen LogP contribution is -2.14. The Morgan fingerprint density at radius 1 is 0.955 bits per heavy atom. The molecule has 0 bridgehead atoms. The molecule has 0 amide bonds. The Balaban J connectivity index is 2.50. The first-order valence-corrected chi connectivity index (χ1v) is 9.27. The molecule has 2 rings (SSSR count). The van der Waals surface area contributed by atoms with E-state index in [1.54, 1.807) is 0 Å². The predicted molar refractivity (Wildman–Crippen MR) is 89.0 cm³/mol. The number of rotatable bonds is 3. The summed E-state index contributed by atoms with van der Waals surface area (Å²) < 4.78 is 53.5. The molecule has 3 nitrogen and oxygen atoms in total. The van der Waals surface area contributed by atoms with Gasteiger partial charge in [0.15, 0.2) is 11.6 Å². The minimum atomic E-state index is -4.17. The molecule has 0 aromatic heterocycles. The first-order valence-electron chi connectivity index (χ1n) is 5.44. The summed E-state index contributed by atoms with van der Waals surface area (Å²) in [6.07, 6.45) is 0. The predicted octanol–water partition coefficient (Wildman–Crippen LogP) is 5.60. The Morgan fingerprint density at radius 2 is 1.59 bits per heavy atom. The normalized spacial score (nSPS) is 11.5. The highest BCUT2D eigenvalue weighted by Crippen LogP contribution is 2.42. The maximum Gasteiger partial charge on any atom is 0.262 e. The van der Waals surface area contributed by atoms with E-state index < -0.39 is 26.6 Å². The van der Waals surface area contributed by atoms with Crippen LogP contribution >= 0.6 is 55.1 Å². The number of anilines is 1. The van der Waals surface area contributed by atoms with Crippen LogP contribution in [0.15, 0.2) is 38.1 Å². The zero-order valence-electron chi connectivity index (χ0n) is 10.3. The van der Waals surface area contributed by atoms with Gasteiger partial charge in [-0.15, -0.1) is 0 Å². The maximum absolute atomic E-state index is 13.2. The van der Waals surface area contributed by atoms with Crippen molar-refractivity contribution in [1.29, 1.82) is 0 Å². The van der Waals surface area contributed by atoms with Crippen LogP contribution in [0.3, 0.4) is 0 Å². The first-order chi connectivity index (χ1) is 10.1. The lowest BCUT2D eigenvalue weighted by molar-refractivity contribution is 0.504. The molecule has 22 heavy (non-hydrogen) atoms. The molecule has 0 fully saturated rings. The first kappa shape index (κ1) is 17.9. The second kappa shape index (κ2) is 6.60. The van der Waals surface area contributed by atoms with E-state index in [1.165, 1.54) is 6.07 Å². The summed E-state index contributed by atoms with van der Waals surface area (Å²) in [5, 5.41) is 0.0573. The third-order valence-electron chi connectivity index (χ3n) is 2.55. The average Bonchev–Trinajstić information content (AvgIpc) is 2.44. The molecule has 2 aromatic rings. The van der Waals surface area contributed by atoms with Crippen LogP contribution in [0.25, 0.3) is 0 Å². The van der Waals surface area contributed by atoms with Crippen molar-refractivity contribution in [2.75, 3.05) is 4.72 Å². The fraction of sp³-hybridized carbons (Fsp3) is 0. The SMILES string of the molecule is O=S(=O)(Nc1c(Br)cc(Br)c(Cl)c1Cl)c1ccc(F)c(F)c1. The van der Waals surface area contributed by atoms with Gasteiger partial charge in [-0.05, 0) is 56.1 Å². The van der Waals surface area contributed by atoms with Crippen molar-refractivity contribution >= 4 is 70.8 Å². The summed E-state index contributed by atoms with van der Waals surface area (Å²) in [4.78, 5) is -0.451. The fourth-order valence-corrected chi connectivity index (χ4v) is 4.68. The number of benzene rings is 2. The van der Waals surface area contributed by atoms with Crippen molar-refractivity contribution < 1.29 is 17.2 Å². The summed E-state index contributed by atoms with van der Waals surface area (Å²) in [5.74, 6) is -2.42. The van der Waals surface area contributed by atoms with Crippen LogP contribution < -0.4 is 4.72 Å². The number of halogens is 6. The van der Waals surface area contributed by atoms with Gasteiger partial charge in [0.05, 0.1) is 20.6 Å². The Morgan fingerprint density at radius 3 is 2.18 bits per heavy atom. The highest BCUT2D eigenvalue weighted by molar-refractivity contribution is 9.11. The Bertz CT molecular complexity index is 863. The molecule has 0 radical (unpaired) electrons. The molecule has 0 saturated heterocycles. The van der Waals surface area contributed by atoms with Gasteiger partial charge in [0.2, 0.25) is 0 Å². The summed E-state index contributed by atoms with van der Waals surface area (Å²) in [7, 11) is -4.17. The standard InChI is InChI=1S/C12H5Br2Cl2F2NO2S/c13-6-4-7(14)12(11(16)10(6)15)19-22(20,21)5-1-2-8(17)9(18)3-5/h1-4,19H. The van der Waals surface area contributed by atoms with Crippen molar-refractivity contribution in [3.05, 3.63) is 54.9 Å². The van der Waals surface area contributed by atoms with Crippen molar-refractivity contribution in [3.8, 4) is 0 Å². The maximum atomic E-state index is 13.2.